The Balaban J connectivity index is 1.57. The highest BCUT2D eigenvalue weighted by molar-refractivity contribution is 8.01. The Morgan fingerprint density at radius 1 is 1.42 bits per heavy atom. The first-order chi connectivity index (χ1) is 11.6. The number of carbonyl (C=O) groups is 1. The number of anilines is 1. The normalized spacial score (nSPS) is 14.1. The van der Waals surface area contributed by atoms with Gasteiger partial charge in [-0.1, -0.05) is 43.0 Å². The Morgan fingerprint density at radius 2 is 2.25 bits per heavy atom. The van der Waals surface area contributed by atoms with E-state index in [4.69, 9.17) is 9.47 Å². The first kappa shape index (κ1) is 16.8. The predicted molar refractivity (Wildman–Crippen MR) is 95.7 cm³/mol. The van der Waals surface area contributed by atoms with E-state index in [0.29, 0.717) is 16.1 Å². The number of rotatable bonds is 6. The number of aromatic nitrogens is 2. The van der Waals surface area contributed by atoms with E-state index in [9.17, 15) is 4.79 Å². The molecule has 1 N–H and O–H groups in total. The van der Waals surface area contributed by atoms with Crippen LogP contribution in [0, 0.1) is 0 Å². The molecular weight excluding hydrogens is 346 g/mol. The van der Waals surface area contributed by atoms with Gasteiger partial charge in [-0.25, -0.2) is 0 Å². The molecule has 1 aromatic carbocycles. The largest absolute Gasteiger partial charge is 0.454 e. The van der Waals surface area contributed by atoms with Crippen molar-refractivity contribution < 1.29 is 14.3 Å². The lowest BCUT2D eigenvalue weighted by atomic mass is 10.2. The third kappa shape index (κ3) is 4.27. The molecule has 2 aromatic rings. The molecule has 6 nitrogen and oxygen atoms in total. The summed E-state index contributed by atoms with van der Waals surface area (Å²) >= 11 is 3.04. The number of amides is 1. The van der Waals surface area contributed by atoms with Gasteiger partial charge >= 0.3 is 0 Å². The molecule has 24 heavy (non-hydrogen) atoms. The minimum absolute atomic E-state index is 0.233. The maximum Gasteiger partial charge on any atom is 0.250 e. The summed E-state index contributed by atoms with van der Waals surface area (Å²) in [5.41, 5.74) is 0.861. The van der Waals surface area contributed by atoms with Gasteiger partial charge in [-0.05, 0) is 30.2 Å². The molecule has 1 aromatic heterocycles. The number of benzene rings is 1. The Kier molecular flexibility index (Phi) is 5.37. The van der Waals surface area contributed by atoms with E-state index in [1.165, 1.54) is 17.4 Å². The second-order valence-electron chi connectivity index (χ2n) is 5.15. The maximum absolute atomic E-state index is 12.0. The fourth-order valence-electron chi connectivity index (χ4n) is 1.90. The van der Waals surface area contributed by atoms with Gasteiger partial charge < -0.3 is 9.47 Å². The molecule has 0 radical (unpaired) electrons. The number of fused-ring (bicyclic) bond motifs is 1. The molecular formula is C16H17N3O3S2. The van der Waals surface area contributed by atoms with Gasteiger partial charge in [0, 0.05) is 11.3 Å². The molecule has 0 fully saturated rings. The van der Waals surface area contributed by atoms with E-state index in [1.54, 1.807) is 17.8 Å². The van der Waals surface area contributed by atoms with Crippen LogP contribution in [0.25, 0.3) is 6.08 Å². The van der Waals surface area contributed by atoms with Gasteiger partial charge in [0.25, 0.3) is 0 Å². The zero-order valence-corrected chi connectivity index (χ0v) is 14.9. The number of thioether (sulfide) groups is 1. The van der Waals surface area contributed by atoms with Gasteiger partial charge in [0.1, 0.15) is 0 Å². The fourth-order valence-corrected chi connectivity index (χ4v) is 3.90. The molecule has 1 atom stereocenters. The average molecular weight is 363 g/mol. The summed E-state index contributed by atoms with van der Waals surface area (Å²) in [5, 5.41) is 11.8. The lowest BCUT2D eigenvalue weighted by Crippen LogP contribution is -2.07. The third-order valence-corrected chi connectivity index (χ3v) is 5.53. The van der Waals surface area contributed by atoms with E-state index in [1.807, 2.05) is 18.2 Å². The van der Waals surface area contributed by atoms with E-state index in [0.717, 1.165) is 22.1 Å². The smallest absolute Gasteiger partial charge is 0.250 e. The molecule has 0 bridgehead atoms. The summed E-state index contributed by atoms with van der Waals surface area (Å²) in [6.07, 6.45) is 4.23. The quantitative estimate of drug-likeness (QED) is 0.478. The van der Waals surface area contributed by atoms with E-state index >= 15 is 0 Å². The molecule has 3 rings (SSSR count). The Morgan fingerprint density at radius 3 is 3.08 bits per heavy atom. The zero-order valence-electron chi connectivity index (χ0n) is 13.3. The van der Waals surface area contributed by atoms with E-state index < -0.39 is 0 Å². The Bertz CT molecular complexity index is 761. The molecule has 1 aliphatic rings. The van der Waals surface area contributed by atoms with Crippen molar-refractivity contribution >= 4 is 40.2 Å². The molecule has 126 valence electrons. The summed E-state index contributed by atoms with van der Waals surface area (Å²) in [5.74, 6) is 1.16. The summed E-state index contributed by atoms with van der Waals surface area (Å²) in [4.78, 5) is 12.0. The molecule has 1 unspecified atom stereocenters. The van der Waals surface area contributed by atoms with Crippen molar-refractivity contribution in [2.75, 3.05) is 12.1 Å². The highest BCUT2D eigenvalue weighted by Crippen LogP contribution is 2.33. The van der Waals surface area contributed by atoms with Crippen molar-refractivity contribution in [3.63, 3.8) is 0 Å². The van der Waals surface area contributed by atoms with Crippen LogP contribution in [0.4, 0.5) is 5.13 Å². The number of nitrogens with zero attached hydrogens (tertiary/aromatic N) is 2. The van der Waals surface area contributed by atoms with Gasteiger partial charge in [-0.3, -0.25) is 10.1 Å². The first-order valence-corrected chi connectivity index (χ1v) is 9.22. The molecule has 2 heterocycles. The minimum atomic E-state index is -0.246. The van der Waals surface area contributed by atoms with Crippen molar-refractivity contribution in [3.05, 3.63) is 29.8 Å². The average Bonchev–Trinajstić information content (AvgIpc) is 3.21. The fraction of sp³-hybridized carbons (Fsp3) is 0.312. The van der Waals surface area contributed by atoms with Crippen molar-refractivity contribution in [2.45, 2.75) is 29.9 Å². The number of carbonyl (C=O) groups excluding carboxylic acids is 1. The Hall–Kier alpha value is -2.06. The molecule has 8 heteroatoms. The molecule has 0 saturated carbocycles. The molecule has 0 saturated heterocycles. The minimum Gasteiger partial charge on any atom is -0.454 e. The van der Waals surface area contributed by atoms with Gasteiger partial charge in [0.2, 0.25) is 17.8 Å². The highest BCUT2D eigenvalue weighted by Gasteiger charge is 2.13. The summed E-state index contributed by atoms with van der Waals surface area (Å²) < 4.78 is 11.4. The standard InChI is InChI=1S/C16H17N3O3S2/c1-3-10(2)23-16-19-18-15(24-16)17-14(20)7-5-11-4-6-12-13(8-11)22-9-21-12/h4-8,10H,3,9H2,1-2H3,(H,17,18,20)/b7-5-. The number of hydrogen-bond donors (Lipinski definition) is 1. The Labute approximate surface area is 148 Å². The maximum atomic E-state index is 12.0. The zero-order chi connectivity index (χ0) is 16.9. The lowest BCUT2D eigenvalue weighted by molar-refractivity contribution is -0.111. The number of nitrogens with one attached hydrogen (secondary N) is 1. The molecule has 1 aliphatic heterocycles. The second-order valence-corrected chi connectivity index (χ2v) is 7.81. The van der Waals surface area contributed by atoms with Gasteiger partial charge in [0.15, 0.2) is 15.8 Å². The molecule has 1 amide bonds. The third-order valence-electron chi connectivity index (χ3n) is 3.34. The van der Waals surface area contributed by atoms with Crippen LogP contribution >= 0.6 is 23.1 Å². The van der Waals surface area contributed by atoms with Crippen LogP contribution in [0.3, 0.4) is 0 Å². The summed E-state index contributed by atoms with van der Waals surface area (Å²) in [7, 11) is 0. The van der Waals surface area contributed by atoms with E-state index in [-0.39, 0.29) is 12.7 Å². The lowest BCUT2D eigenvalue weighted by Gasteiger charge is -2.02. The second kappa shape index (κ2) is 7.67. The molecule has 0 spiro atoms. The highest BCUT2D eigenvalue weighted by atomic mass is 32.2. The van der Waals surface area contributed by atoms with Gasteiger partial charge in [-0.15, -0.1) is 10.2 Å². The topological polar surface area (TPSA) is 73.3 Å². The van der Waals surface area contributed by atoms with Crippen LogP contribution in [-0.2, 0) is 4.79 Å². The monoisotopic (exact) mass is 363 g/mol. The SMILES string of the molecule is CCC(C)Sc1nnc(NC(=O)/C=C\c2ccc3c(c2)OCO3)s1. The van der Waals surface area contributed by atoms with Crippen LogP contribution < -0.4 is 14.8 Å². The predicted octanol–water partition coefficient (Wildman–Crippen LogP) is 3.81. The van der Waals surface area contributed by atoms with Crippen LogP contribution in [0.5, 0.6) is 11.5 Å². The van der Waals surface area contributed by atoms with Crippen LogP contribution in [0.2, 0.25) is 0 Å². The number of hydrogen-bond acceptors (Lipinski definition) is 7. The summed E-state index contributed by atoms with van der Waals surface area (Å²) in [6, 6.07) is 5.52. The van der Waals surface area contributed by atoms with Gasteiger partial charge in [-0.2, -0.15) is 0 Å². The summed E-state index contributed by atoms with van der Waals surface area (Å²) in [6.45, 7) is 4.50. The van der Waals surface area contributed by atoms with Crippen molar-refractivity contribution in [1.29, 1.82) is 0 Å². The van der Waals surface area contributed by atoms with Crippen LogP contribution in [-0.4, -0.2) is 28.1 Å². The van der Waals surface area contributed by atoms with E-state index in [2.05, 4.69) is 29.4 Å². The molecule has 0 aliphatic carbocycles. The first-order valence-electron chi connectivity index (χ1n) is 7.53. The van der Waals surface area contributed by atoms with Crippen molar-refractivity contribution in [2.24, 2.45) is 0 Å². The number of ether oxygens (including phenoxy) is 2. The van der Waals surface area contributed by atoms with Crippen molar-refractivity contribution in [1.82, 2.24) is 10.2 Å². The van der Waals surface area contributed by atoms with Crippen LogP contribution in [0.15, 0.2) is 28.6 Å². The van der Waals surface area contributed by atoms with Crippen LogP contribution in [0.1, 0.15) is 25.8 Å². The van der Waals surface area contributed by atoms with Crippen molar-refractivity contribution in [3.8, 4) is 11.5 Å². The van der Waals surface area contributed by atoms with Gasteiger partial charge in [0.05, 0.1) is 0 Å².